The lowest BCUT2D eigenvalue weighted by molar-refractivity contribution is 0.122. The molecule has 0 bridgehead atoms. The number of morpholine rings is 1. The van der Waals surface area contributed by atoms with Crippen LogP contribution in [0.2, 0.25) is 0 Å². The van der Waals surface area contributed by atoms with Crippen LogP contribution in [-0.4, -0.2) is 74.4 Å². The van der Waals surface area contributed by atoms with E-state index in [0.29, 0.717) is 0 Å². The molecule has 0 amide bonds. The maximum Gasteiger partial charge on any atom is 0.162 e. The predicted molar refractivity (Wildman–Crippen MR) is 132 cm³/mol. The molecule has 0 spiro atoms. The maximum absolute atomic E-state index is 5.61. The third-order valence-electron chi connectivity index (χ3n) is 5.94. The molecular weight excluding hydrogens is 420 g/mol. The van der Waals surface area contributed by atoms with Crippen LogP contribution in [0.15, 0.2) is 36.5 Å². The number of ether oxygens (including phenoxy) is 1. The highest BCUT2D eigenvalue weighted by Gasteiger charge is 2.21. The first-order chi connectivity index (χ1) is 15.8. The van der Waals surface area contributed by atoms with Crippen LogP contribution in [0.25, 0.3) is 27.7 Å². The van der Waals surface area contributed by atoms with Gasteiger partial charge in [0, 0.05) is 63.3 Å². The minimum absolute atomic E-state index is 0.737. The summed E-state index contributed by atoms with van der Waals surface area (Å²) < 4.78 is 6.79. The van der Waals surface area contributed by atoms with Gasteiger partial charge in [0.05, 0.1) is 23.4 Å². The van der Waals surface area contributed by atoms with Crippen molar-refractivity contribution in [2.45, 2.75) is 6.54 Å². The van der Waals surface area contributed by atoms with Crippen LogP contribution in [0.1, 0.15) is 10.4 Å². The molecule has 0 radical (unpaired) electrons. The summed E-state index contributed by atoms with van der Waals surface area (Å²) in [6, 6.07) is 10.6. The Balaban J connectivity index is 1.57. The monoisotopic (exact) mass is 450 g/mol. The third-order valence-corrected chi connectivity index (χ3v) is 7.04. The Labute approximate surface area is 193 Å². The van der Waals surface area contributed by atoms with Gasteiger partial charge in [0.2, 0.25) is 0 Å². The molecule has 2 N–H and O–H groups in total. The fourth-order valence-corrected chi connectivity index (χ4v) is 5.42. The van der Waals surface area contributed by atoms with Crippen molar-refractivity contribution in [2.75, 3.05) is 64.4 Å². The van der Waals surface area contributed by atoms with E-state index < -0.39 is 0 Å². The summed E-state index contributed by atoms with van der Waals surface area (Å²) >= 11 is 1.84. The Morgan fingerprint density at radius 1 is 1.12 bits per heavy atom. The Kier molecular flexibility index (Phi) is 6.64. The van der Waals surface area contributed by atoms with E-state index in [4.69, 9.17) is 14.7 Å². The summed E-state index contributed by atoms with van der Waals surface area (Å²) in [4.78, 5) is 16.4. The van der Waals surface area contributed by atoms with Crippen molar-refractivity contribution < 1.29 is 4.74 Å². The largest absolute Gasteiger partial charge is 0.394 e. The first-order valence-electron chi connectivity index (χ1n) is 11.3. The topological polar surface area (TPSA) is 65.6 Å². The average Bonchev–Trinajstić information content (AvgIpc) is 3.25. The number of benzene rings is 1. The lowest BCUT2D eigenvalue weighted by Crippen LogP contribution is -2.42. The number of hydrogen-bond donors (Lipinski definition) is 2. The number of rotatable bonds is 6. The molecule has 3 aromatic rings. The zero-order chi connectivity index (χ0) is 21.8. The fourth-order valence-electron chi connectivity index (χ4n) is 4.26. The molecule has 2 aromatic heterocycles. The summed E-state index contributed by atoms with van der Waals surface area (Å²) in [7, 11) is 1.91. The van der Waals surface area contributed by atoms with Gasteiger partial charge in [-0.15, -0.1) is 11.3 Å². The number of nitrogens with one attached hydrogen (secondary N) is 2. The molecule has 2 saturated heterocycles. The molecule has 7 nitrogen and oxygen atoms in total. The molecule has 0 unspecified atom stereocenters. The van der Waals surface area contributed by atoms with Gasteiger partial charge in [0.25, 0.3) is 0 Å². The van der Waals surface area contributed by atoms with Crippen molar-refractivity contribution in [3.8, 4) is 11.4 Å². The van der Waals surface area contributed by atoms with Crippen LogP contribution < -0.4 is 15.5 Å². The van der Waals surface area contributed by atoms with Crippen molar-refractivity contribution in [3.05, 3.63) is 47.0 Å². The molecule has 0 saturated carbocycles. The second-order valence-electron chi connectivity index (χ2n) is 8.13. The number of fused-ring (bicyclic) bond motifs is 1. The predicted octanol–water partition coefficient (Wildman–Crippen LogP) is 2.79. The van der Waals surface area contributed by atoms with E-state index >= 15 is 0 Å². The summed E-state index contributed by atoms with van der Waals surface area (Å²) in [5.41, 5.74) is 3.19. The van der Waals surface area contributed by atoms with Crippen molar-refractivity contribution in [2.24, 2.45) is 0 Å². The molecule has 4 heterocycles. The maximum atomic E-state index is 5.61. The summed E-state index contributed by atoms with van der Waals surface area (Å²) in [5, 5.41) is 6.51. The van der Waals surface area contributed by atoms with Crippen molar-refractivity contribution >= 4 is 33.4 Å². The lowest BCUT2D eigenvalue weighted by atomic mass is 10.1. The molecule has 32 heavy (non-hydrogen) atoms. The normalized spacial score (nSPS) is 18.0. The highest BCUT2D eigenvalue weighted by molar-refractivity contribution is 7.19. The Morgan fingerprint density at radius 3 is 2.75 bits per heavy atom. The van der Waals surface area contributed by atoms with E-state index in [0.717, 1.165) is 87.3 Å². The van der Waals surface area contributed by atoms with Crippen LogP contribution in [-0.2, 0) is 11.3 Å². The quantitative estimate of drug-likeness (QED) is 0.599. The molecule has 0 atom stereocenters. The number of anilines is 1. The van der Waals surface area contributed by atoms with E-state index in [9.17, 15) is 0 Å². The van der Waals surface area contributed by atoms with Gasteiger partial charge in [-0.25, -0.2) is 9.97 Å². The highest BCUT2D eigenvalue weighted by Crippen LogP contribution is 2.35. The lowest BCUT2D eigenvalue weighted by Gasteiger charge is -2.28. The van der Waals surface area contributed by atoms with Gasteiger partial charge in [-0.2, -0.15) is 0 Å². The van der Waals surface area contributed by atoms with Crippen molar-refractivity contribution in [3.63, 3.8) is 0 Å². The van der Waals surface area contributed by atoms with Gasteiger partial charge in [-0.05, 0) is 23.9 Å². The first kappa shape index (κ1) is 21.3. The number of thiophene rings is 1. The van der Waals surface area contributed by atoms with Gasteiger partial charge in [-0.1, -0.05) is 24.3 Å². The van der Waals surface area contributed by atoms with Crippen LogP contribution >= 0.6 is 11.3 Å². The minimum atomic E-state index is 0.737. The average molecular weight is 451 g/mol. The molecular formula is C24H30N6OS. The summed E-state index contributed by atoms with van der Waals surface area (Å²) in [6.07, 6.45) is 4.01. The SMILES string of the molecule is CN/C=C\c1ccccc1-c1nc(N2CCOCC2)c2sc(CN3CCNCC3)cc2n1. The fraction of sp³-hybridized carbons (Fsp3) is 0.417. The van der Waals surface area contributed by atoms with Gasteiger partial charge >= 0.3 is 0 Å². The van der Waals surface area contributed by atoms with Crippen LogP contribution in [0.3, 0.4) is 0 Å². The zero-order valence-electron chi connectivity index (χ0n) is 18.5. The molecule has 2 aliphatic heterocycles. The summed E-state index contributed by atoms with van der Waals surface area (Å²) in [6.45, 7) is 8.47. The molecule has 8 heteroatoms. The Hall–Kier alpha value is -2.52. The summed E-state index contributed by atoms with van der Waals surface area (Å²) in [5.74, 6) is 1.82. The van der Waals surface area contributed by atoms with Crippen LogP contribution in [0.5, 0.6) is 0 Å². The van der Waals surface area contributed by atoms with E-state index in [1.54, 1.807) is 0 Å². The number of hydrogen-bond acceptors (Lipinski definition) is 8. The van der Waals surface area contributed by atoms with Crippen LogP contribution in [0, 0.1) is 0 Å². The van der Waals surface area contributed by atoms with Gasteiger partial charge < -0.3 is 20.3 Å². The van der Waals surface area contributed by atoms with E-state index in [1.165, 1.54) is 9.58 Å². The molecule has 0 aliphatic carbocycles. The number of aromatic nitrogens is 2. The molecule has 5 rings (SSSR count). The molecule has 2 aliphatic rings. The van der Waals surface area contributed by atoms with Gasteiger partial charge in [-0.3, -0.25) is 4.90 Å². The molecule has 168 valence electrons. The molecule has 1 aromatic carbocycles. The Morgan fingerprint density at radius 2 is 1.94 bits per heavy atom. The van der Waals surface area contributed by atoms with Gasteiger partial charge in [0.15, 0.2) is 11.6 Å². The van der Waals surface area contributed by atoms with E-state index in [2.05, 4.69) is 56.8 Å². The third kappa shape index (κ3) is 4.63. The second kappa shape index (κ2) is 9.95. The highest BCUT2D eigenvalue weighted by atomic mass is 32.1. The van der Waals surface area contributed by atoms with E-state index in [-0.39, 0.29) is 0 Å². The first-order valence-corrected chi connectivity index (χ1v) is 12.1. The van der Waals surface area contributed by atoms with Crippen molar-refractivity contribution in [1.82, 2.24) is 25.5 Å². The Bertz CT molecular complexity index is 1090. The van der Waals surface area contributed by atoms with Crippen molar-refractivity contribution in [1.29, 1.82) is 0 Å². The minimum Gasteiger partial charge on any atom is -0.394 e. The van der Waals surface area contributed by atoms with Gasteiger partial charge in [0.1, 0.15) is 0 Å². The standard InChI is InChI=1S/C24H30N6OS/c1-25-7-6-18-4-2-3-5-20(18)23-27-21-16-19(17-29-10-8-26-9-11-29)32-22(21)24(28-23)30-12-14-31-15-13-30/h2-7,16,25-26H,8-15,17H2,1H3/b7-6-. The van der Waals surface area contributed by atoms with E-state index in [1.807, 2.05) is 24.6 Å². The molecule has 2 fully saturated rings. The van der Waals surface area contributed by atoms with Crippen LogP contribution in [0.4, 0.5) is 5.82 Å². The number of nitrogens with zero attached hydrogens (tertiary/aromatic N) is 4. The zero-order valence-corrected chi connectivity index (χ0v) is 19.3. The smallest absolute Gasteiger partial charge is 0.162 e. The number of piperazine rings is 1. The second-order valence-corrected chi connectivity index (χ2v) is 9.27.